The molecule has 0 bridgehead atoms. The van der Waals surface area contributed by atoms with Crippen molar-refractivity contribution >= 4 is 16.6 Å². The average molecular weight is 265 g/mol. The van der Waals surface area contributed by atoms with Gasteiger partial charge < -0.3 is 10.2 Å². The first-order valence-electron chi connectivity index (χ1n) is 7.04. The zero-order chi connectivity index (χ0) is 13.9. The fourth-order valence-corrected chi connectivity index (χ4v) is 2.43. The van der Waals surface area contributed by atoms with Crippen LogP contribution in [0, 0.1) is 12.3 Å². The van der Waals surface area contributed by atoms with E-state index in [4.69, 9.17) is 6.42 Å². The molecule has 0 unspecified atom stereocenters. The van der Waals surface area contributed by atoms with Crippen molar-refractivity contribution in [2.75, 3.05) is 18.5 Å². The summed E-state index contributed by atoms with van der Waals surface area (Å²) in [7, 11) is 1.98. The summed E-state index contributed by atoms with van der Waals surface area (Å²) in [5.41, 5.74) is 1.25. The molecule has 0 saturated heterocycles. The molecule has 1 aliphatic carbocycles. The van der Waals surface area contributed by atoms with Crippen molar-refractivity contribution in [2.45, 2.75) is 25.4 Å². The maximum Gasteiger partial charge on any atom is 0.136 e. The summed E-state index contributed by atoms with van der Waals surface area (Å²) >= 11 is 0. The third kappa shape index (κ3) is 2.61. The van der Waals surface area contributed by atoms with Crippen LogP contribution in [-0.4, -0.2) is 24.6 Å². The zero-order valence-electron chi connectivity index (χ0n) is 11.8. The molecule has 102 valence electrons. The number of hydrogen-bond donors (Lipinski definition) is 1. The van der Waals surface area contributed by atoms with Gasteiger partial charge in [-0.2, -0.15) is 0 Å². The van der Waals surface area contributed by atoms with E-state index in [1.54, 1.807) is 0 Å². The number of benzene rings is 1. The molecule has 2 aromatic rings. The van der Waals surface area contributed by atoms with Crippen LogP contribution in [0.4, 0.5) is 5.82 Å². The summed E-state index contributed by atoms with van der Waals surface area (Å²) < 4.78 is 0. The number of nitrogens with one attached hydrogen (secondary N) is 1. The van der Waals surface area contributed by atoms with Crippen LogP contribution in [0.2, 0.25) is 0 Å². The number of aromatic nitrogens is 1. The molecule has 0 amide bonds. The highest BCUT2D eigenvalue weighted by molar-refractivity contribution is 5.94. The Morgan fingerprint density at radius 2 is 2.10 bits per heavy atom. The Labute approximate surface area is 120 Å². The lowest BCUT2D eigenvalue weighted by Gasteiger charge is -2.18. The first kappa shape index (κ1) is 13.0. The lowest BCUT2D eigenvalue weighted by atomic mass is 10.1. The number of anilines is 1. The van der Waals surface area contributed by atoms with Crippen molar-refractivity contribution in [3.63, 3.8) is 0 Å². The topological polar surface area (TPSA) is 28.2 Å². The Kier molecular flexibility index (Phi) is 3.58. The molecule has 3 heteroatoms. The number of fused-ring (bicyclic) bond motifs is 1. The second-order valence-corrected chi connectivity index (χ2v) is 5.37. The van der Waals surface area contributed by atoms with E-state index in [9.17, 15) is 0 Å². The molecule has 1 aromatic heterocycles. The van der Waals surface area contributed by atoms with Gasteiger partial charge in [-0.25, -0.2) is 4.98 Å². The van der Waals surface area contributed by atoms with Crippen LogP contribution in [0.5, 0.6) is 0 Å². The third-order valence-corrected chi connectivity index (χ3v) is 3.71. The van der Waals surface area contributed by atoms with Crippen LogP contribution in [0.3, 0.4) is 0 Å². The van der Waals surface area contributed by atoms with Gasteiger partial charge in [0.25, 0.3) is 0 Å². The van der Waals surface area contributed by atoms with E-state index in [1.165, 1.54) is 29.2 Å². The molecule has 3 nitrogen and oxygen atoms in total. The van der Waals surface area contributed by atoms with E-state index >= 15 is 0 Å². The summed E-state index contributed by atoms with van der Waals surface area (Å²) in [6.45, 7) is 1.45. The van der Waals surface area contributed by atoms with Crippen LogP contribution in [0.1, 0.15) is 18.4 Å². The van der Waals surface area contributed by atoms with Crippen molar-refractivity contribution < 1.29 is 0 Å². The van der Waals surface area contributed by atoms with E-state index in [2.05, 4.69) is 40.5 Å². The van der Waals surface area contributed by atoms with Crippen LogP contribution in [0.15, 0.2) is 30.5 Å². The molecule has 1 aliphatic rings. The predicted molar refractivity (Wildman–Crippen MR) is 83.7 cm³/mol. The Morgan fingerprint density at radius 3 is 2.80 bits per heavy atom. The highest BCUT2D eigenvalue weighted by Crippen LogP contribution is 2.27. The maximum absolute atomic E-state index is 5.40. The smallest absolute Gasteiger partial charge is 0.136 e. The molecule has 0 atom stereocenters. The van der Waals surface area contributed by atoms with Crippen molar-refractivity contribution in [3.8, 4) is 12.3 Å². The minimum Gasteiger partial charge on any atom is -0.348 e. The summed E-state index contributed by atoms with van der Waals surface area (Å²) in [6.07, 6.45) is 9.97. The lowest BCUT2D eigenvalue weighted by molar-refractivity contribution is 0.689. The van der Waals surface area contributed by atoms with E-state index in [1.807, 2.05) is 18.1 Å². The van der Waals surface area contributed by atoms with Crippen LogP contribution < -0.4 is 10.2 Å². The summed E-state index contributed by atoms with van der Waals surface area (Å²) in [4.78, 5) is 6.63. The molecule has 3 rings (SSSR count). The van der Waals surface area contributed by atoms with Crippen molar-refractivity contribution in [1.29, 1.82) is 0 Å². The van der Waals surface area contributed by atoms with Gasteiger partial charge >= 0.3 is 0 Å². The highest BCUT2D eigenvalue weighted by Gasteiger charge is 2.20. The maximum atomic E-state index is 5.40. The Balaban J connectivity index is 1.97. The molecule has 1 aromatic carbocycles. The van der Waals surface area contributed by atoms with Gasteiger partial charge in [-0.3, -0.25) is 0 Å². The van der Waals surface area contributed by atoms with Crippen molar-refractivity contribution in [1.82, 2.24) is 10.3 Å². The molecule has 0 aliphatic heterocycles. The number of pyridine rings is 1. The Bertz CT molecular complexity index is 653. The summed E-state index contributed by atoms with van der Waals surface area (Å²) in [5, 5.41) is 5.98. The van der Waals surface area contributed by atoms with Gasteiger partial charge in [-0.1, -0.05) is 30.2 Å². The fourth-order valence-electron chi connectivity index (χ4n) is 2.43. The third-order valence-electron chi connectivity index (χ3n) is 3.71. The number of hydrogen-bond acceptors (Lipinski definition) is 3. The number of rotatable bonds is 5. The van der Waals surface area contributed by atoms with Gasteiger partial charge in [0.05, 0.1) is 6.54 Å². The molecular weight excluding hydrogens is 246 g/mol. The molecule has 1 N–H and O–H groups in total. The second kappa shape index (κ2) is 5.52. The van der Waals surface area contributed by atoms with E-state index < -0.39 is 0 Å². The van der Waals surface area contributed by atoms with Gasteiger partial charge in [0.2, 0.25) is 0 Å². The summed E-state index contributed by atoms with van der Waals surface area (Å²) in [5.74, 6) is 3.62. The molecule has 1 saturated carbocycles. The SMILES string of the molecule is C#CCN(C)c1ncc(CNC2CC2)c2ccccc12. The van der Waals surface area contributed by atoms with Crippen molar-refractivity contribution in [2.24, 2.45) is 0 Å². The quantitative estimate of drug-likeness (QED) is 0.842. The van der Waals surface area contributed by atoms with Gasteiger partial charge in [0.1, 0.15) is 5.82 Å². The van der Waals surface area contributed by atoms with Gasteiger partial charge in [-0.15, -0.1) is 6.42 Å². The van der Waals surface area contributed by atoms with E-state index in [0.717, 1.165) is 12.4 Å². The van der Waals surface area contributed by atoms with E-state index in [-0.39, 0.29) is 0 Å². The van der Waals surface area contributed by atoms with Gasteiger partial charge in [-0.05, 0) is 23.8 Å². The average Bonchev–Trinajstić information content (AvgIpc) is 3.29. The molecule has 1 fully saturated rings. The first-order chi connectivity index (χ1) is 9.79. The first-order valence-corrected chi connectivity index (χ1v) is 7.04. The number of nitrogens with zero attached hydrogens (tertiary/aromatic N) is 2. The largest absolute Gasteiger partial charge is 0.348 e. The fraction of sp³-hybridized carbons (Fsp3) is 0.353. The predicted octanol–water partition coefficient (Wildman–Crippen LogP) is 2.56. The van der Waals surface area contributed by atoms with Crippen LogP contribution in [0.25, 0.3) is 10.8 Å². The van der Waals surface area contributed by atoms with Crippen molar-refractivity contribution in [3.05, 3.63) is 36.0 Å². The Morgan fingerprint density at radius 1 is 1.35 bits per heavy atom. The number of terminal acetylenes is 1. The zero-order valence-corrected chi connectivity index (χ0v) is 11.8. The molecule has 0 spiro atoms. The minimum atomic E-state index is 0.566. The van der Waals surface area contributed by atoms with Gasteiger partial charge in [0.15, 0.2) is 0 Å². The van der Waals surface area contributed by atoms with Crippen LogP contribution >= 0.6 is 0 Å². The molecule has 20 heavy (non-hydrogen) atoms. The van der Waals surface area contributed by atoms with Crippen LogP contribution in [-0.2, 0) is 6.54 Å². The Hall–Kier alpha value is -2.05. The van der Waals surface area contributed by atoms with E-state index in [0.29, 0.717) is 12.6 Å². The second-order valence-electron chi connectivity index (χ2n) is 5.37. The monoisotopic (exact) mass is 265 g/mol. The molecule has 0 radical (unpaired) electrons. The van der Waals surface area contributed by atoms with Gasteiger partial charge in [0, 0.05) is 31.2 Å². The minimum absolute atomic E-state index is 0.566. The lowest BCUT2D eigenvalue weighted by Crippen LogP contribution is -2.20. The summed E-state index contributed by atoms with van der Waals surface area (Å²) in [6, 6.07) is 9.11. The molecular formula is C17H19N3. The normalized spacial score (nSPS) is 14.2. The molecule has 1 heterocycles. The highest BCUT2D eigenvalue weighted by atomic mass is 15.2. The standard InChI is InChI=1S/C17H19N3/c1-3-10-20(2)17-16-7-5-4-6-15(16)13(12-19-17)11-18-14-8-9-14/h1,4-7,12,14,18H,8-11H2,2H3.